The summed E-state index contributed by atoms with van der Waals surface area (Å²) in [5, 5.41) is 12.4. The van der Waals surface area contributed by atoms with Crippen LogP contribution in [0, 0.1) is 12.8 Å². The fraction of sp³-hybridized carbons (Fsp3) is 0.385. The summed E-state index contributed by atoms with van der Waals surface area (Å²) in [6.45, 7) is 9.97. The quantitative estimate of drug-likeness (QED) is 0.160. The number of piperidine rings is 1. The standard InChI is InChI=1S/C39H46N4O5/c1-5-47-36(45)23-40-39(46)37-38(48-25-29-9-7-6-8-10-29)27(4)41-35(42-37)21-28-17-19-43(20-18-28)33-15-13-30(14-16-33)31-11-12-32(24-44)34(22-31)26(2)3/h6-16,22,26,28,44H,5,17-21,23-25H2,1-4H3,(H,40,46). The number of aromatic nitrogens is 2. The number of aliphatic hydroxyl groups excluding tert-OH is 1. The van der Waals surface area contributed by atoms with Gasteiger partial charge in [-0.1, -0.05) is 74.5 Å². The van der Waals surface area contributed by atoms with Gasteiger partial charge in [-0.25, -0.2) is 9.97 Å². The van der Waals surface area contributed by atoms with Crippen LogP contribution < -0.4 is 15.0 Å². The summed E-state index contributed by atoms with van der Waals surface area (Å²) in [6.07, 6.45) is 2.59. The van der Waals surface area contributed by atoms with Crippen molar-refractivity contribution in [3.05, 3.63) is 107 Å². The first-order valence-electron chi connectivity index (χ1n) is 16.8. The molecule has 0 radical (unpaired) electrons. The van der Waals surface area contributed by atoms with E-state index in [1.807, 2.05) is 43.3 Å². The second kappa shape index (κ2) is 16.4. The molecule has 1 amide bonds. The minimum absolute atomic E-state index is 0.0521. The lowest BCUT2D eigenvalue weighted by Crippen LogP contribution is -2.35. The maximum atomic E-state index is 13.3. The highest BCUT2D eigenvalue weighted by atomic mass is 16.5. The first-order chi connectivity index (χ1) is 23.2. The lowest BCUT2D eigenvalue weighted by atomic mass is 9.92. The van der Waals surface area contributed by atoms with Gasteiger partial charge in [0.25, 0.3) is 5.91 Å². The zero-order valence-electron chi connectivity index (χ0n) is 28.4. The number of esters is 1. The smallest absolute Gasteiger partial charge is 0.325 e. The summed E-state index contributed by atoms with van der Waals surface area (Å²) < 4.78 is 11.1. The SMILES string of the molecule is CCOC(=O)CNC(=O)c1nc(CC2CCN(c3ccc(-c4ccc(CO)c(C(C)C)c4)cc3)CC2)nc(C)c1OCc1ccccc1. The number of nitrogens with one attached hydrogen (secondary N) is 1. The van der Waals surface area contributed by atoms with Crippen molar-refractivity contribution in [3.8, 4) is 16.9 Å². The number of hydrogen-bond donors (Lipinski definition) is 2. The van der Waals surface area contributed by atoms with Crippen molar-refractivity contribution in [2.24, 2.45) is 5.92 Å². The molecule has 1 fully saturated rings. The van der Waals surface area contributed by atoms with Gasteiger partial charge in [-0.05, 0) is 78.5 Å². The van der Waals surface area contributed by atoms with Gasteiger partial charge in [-0.2, -0.15) is 0 Å². The van der Waals surface area contributed by atoms with Crippen LogP contribution in [0.25, 0.3) is 11.1 Å². The highest BCUT2D eigenvalue weighted by Gasteiger charge is 2.25. The molecule has 0 aliphatic carbocycles. The second-order valence-corrected chi connectivity index (χ2v) is 12.6. The Hall–Kier alpha value is -4.76. The van der Waals surface area contributed by atoms with E-state index >= 15 is 0 Å². The third-order valence-electron chi connectivity index (χ3n) is 8.81. The number of benzene rings is 3. The number of carbonyl (C=O) groups excluding carboxylic acids is 2. The van der Waals surface area contributed by atoms with Gasteiger partial charge in [0.2, 0.25) is 0 Å². The van der Waals surface area contributed by atoms with E-state index in [1.54, 1.807) is 6.92 Å². The topological polar surface area (TPSA) is 114 Å². The number of aryl methyl sites for hydroxylation is 1. The van der Waals surface area contributed by atoms with Gasteiger partial charge in [-0.3, -0.25) is 9.59 Å². The summed E-state index contributed by atoms with van der Waals surface area (Å²) in [7, 11) is 0. The Bertz CT molecular complexity index is 1680. The Morgan fingerprint density at radius 2 is 1.69 bits per heavy atom. The molecule has 2 N–H and O–H groups in total. The molecule has 2 heterocycles. The van der Waals surface area contributed by atoms with Crippen LogP contribution in [0.4, 0.5) is 5.69 Å². The molecule has 9 heteroatoms. The van der Waals surface area contributed by atoms with E-state index in [1.165, 1.54) is 11.3 Å². The lowest BCUT2D eigenvalue weighted by Gasteiger charge is -2.33. The Kier molecular flexibility index (Phi) is 11.8. The number of hydrogen-bond acceptors (Lipinski definition) is 8. The Labute approximate surface area is 283 Å². The second-order valence-electron chi connectivity index (χ2n) is 12.6. The van der Waals surface area contributed by atoms with Crippen molar-refractivity contribution >= 4 is 17.6 Å². The average Bonchev–Trinajstić information content (AvgIpc) is 3.10. The molecule has 252 valence electrons. The van der Waals surface area contributed by atoms with Crippen LogP contribution in [-0.2, 0) is 29.2 Å². The van der Waals surface area contributed by atoms with Crippen LogP contribution in [-0.4, -0.2) is 53.2 Å². The predicted octanol–water partition coefficient (Wildman–Crippen LogP) is 6.40. The Balaban J connectivity index is 1.24. The van der Waals surface area contributed by atoms with E-state index in [-0.39, 0.29) is 32.1 Å². The van der Waals surface area contributed by atoms with E-state index in [0.717, 1.165) is 48.2 Å². The largest absolute Gasteiger partial charge is 0.485 e. The Morgan fingerprint density at radius 1 is 0.979 bits per heavy atom. The number of anilines is 1. The van der Waals surface area contributed by atoms with Crippen molar-refractivity contribution in [2.45, 2.75) is 66.1 Å². The zero-order chi connectivity index (χ0) is 34.0. The number of nitrogens with zero attached hydrogens (tertiary/aromatic N) is 3. The molecule has 0 bridgehead atoms. The molecule has 1 aromatic heterocycles. The summed E-state index contributed by atoms with van der Waals surface area (Å²) in [6, 6.07) is 24.7. The Morgan fingerprint density at radius 3 is 2.35 bits per heavy atom. The molecule has 1 aliphatic heterocycles. The van der Waals surface area contributed by atoms with Crippen molar-refractivity contribution in [1.82, 2.24) is 15.3 Å². The first kappa shape index (κ1) is 34.6. The van der Waals surface area contributed by atoms with E-state index in [2.05, 4.69) is 65.4 Å². The molecular weight excluding hydrogens is 604 g/mol. The van der Waals surface area contributed by atoms with E-state index in [0.29, 0.717) is 35.5 Å². The van der Waals surface area contributed by atoms with Crippen LogP contribution in [0.2, 0.25) is 0 Å². The molecule has 9 nitrogen and oxygen atoms in total. The minimum atomic E-state index is -0.512. The zero-order valence-corrected chi connectivity index (χ0v) is 28.4. The number of amides is 1. The van der Waals surface area contributed by atoms with Crippen LogP contribution in [0.1, 0.15) is 78.2 Å². The van der Waals surface area contributed by atoms with Gasteiger partial charge in [0, 0.05) is 25.2 Å². The molecule has 0 atom stereocenters. The third kappa shape index (κ3) is 8.77. The fourth-order valence-electron chi connectivity index (χ4n) is 6.19. The molecule has 0 unspecified atom stereocenters. The number of rotatable bonds is 13. The summed E-state index contributed by atoms with van der Waals surface area (Å²) in [5.74, 6) is 0.602. The van der Waals surface area contributed by atoms with Crippen molar-refractivity contribution in [1.29, 1.82) is 0 Å². The maximum Gasteiger partial charge on any atom is 0.325 e. The molecule has 1 aliphatic rings. The first-order valence-corrected chi connectivity index (χ1v) is 16.8. The molecule has 0 saturated carbocycles. The average molecular weight is 651 g/mol. The molecule has 3 aromatic carbocycles. The van der Waals surface area contributed by atoms with Gasteiger partial charge in [-0.15, -0.1) is 0 Å². The maximum absolute atomic E-state index is 13.3. The van der Waals surface area contributed by atoms with Crippen molar-refractivity contribution < 1.29 is 24.2 Å². The highest BCUT2D eigenvalue weighted by Crippen LogP contribution is 2.31. The molecule has 48 heavy (non-hydrogen) atoms. The number of carbonyl (C=O) groups is 2. The van der Waals surface area contributed by atoms with Gasteiger partial charge >= 0.3 is 5.97 Å². The number of ether oxygens (including phenoxy) is 2. The third-order valence-corrected chi connectivity index (χ3v) is 8.81. The van der Waals surface area contributed by atoms with Crippen LogP contribution >= 0.6 is 0 Å². The van der Waals surface area contributed by atoms with Gasteiger partial charge < -0.3 is 24.8 Å². The molecule has 4 aromatic rings. The van der Waals surface area contributed by atoms with Crippen LogP contribution in [0.15, 0.2) is 72.8 Å². The van der Waals surface area contributed by atoms with Crippen LogP contribution in [0.3, 0.4) is 0 Å². The fourth-order valence-corrected chi connectivity index (χ4v) is 6.19. The lowest BCUT2D eigenvalue weighted by molar-refractivity contribution is -0.141. The number of aliphatic hydroxyl groups is 1. The molecule has 1 saturated heterocycles. The minimum Gasteiger partial charge on any atom is -0.485 e. The molecule has 0 spiro atoms. The van der Waals surface area contributed by atoms with Crippen LogP contribution in [0.5, 0.6) is 5.75 Å². The highest BCUT2D eigenvalue weighted by molar-refractivity contribution is 5.96. The predicted molar refractivity (Wildman–Crippen MR) is 187 cm³/mol. The normalized spacial score (nSPS) is 13.4. The summed E-state index contributed by atoms with van der Waals surface area (Å²) in [5.41, 5.74) is 7.34. The van der Waals surface area contributed by atoms with Gasteiger partial charge in [0.15, 0.2) is 11.4 Å². The van der Waals surface area contributed by atoms with E-state index in [4.69, 9.17) is 14.5 Å². The van der Waals surface area contributed by atoms with Gasteiger partial charge in [0.1, 0.15) is 19.0 Å². The summed E-state index contributed by atoms with van der Waals surface area (Å²) >= 11 is 0. The van der Waals surface area contributed by atoms with E-state index in [9.17, 15) is 14.7 Å². The molecule has 5 rings (SSSR count). The van der Waals surface area contributed by atoms with Gasteiger partial charge in [0.05, 0.1) is 18.9 Å². The summed E-state index contributed by atoms with van der Waals surface area (Å²) in [4.78, 5) is 37.0. The monoisotopic (exact) mass is 650 g/mol. The molecular formula is C39H46N4O5. The van der Waals surface area contributed by atoms with Crippen molar-refractivity contribution in [3.63, 3.8) is 0 Å². The van der Waals surface area contributed by atoms with Crippen molar-refractivity contribution in [2.75, 3.05) is 31.1 Å². The van der Waals surface area contributed by atoms with E-state index < -0.39 is 11.9 Å².